The molecule has 0 amide bonds. The highest BCUT2D eigenvalue weighted by Crippen LogP contribution is 2.33. The molecular formula is C33H45N3O7. The fourth-order valence-corrected chi connectivity index (χ4v) is 4.74. The molecule has 0 aliphatic carbocycles. The minimum atomic E-state index is -1.01. The van der Waals surface area contributed by atoms with Crippen LogP contribution in [0.3, 0.4) is 0 Å². The van der Waals surface area contributed by atoms with Gasteiger partial charge in [0.2, 0.25) is 0 Å². The lowest BCUT2D eigenvalue weighted by Crippen LogP contribution is -2.38. The molecule has 10 nitrogen and oxygen atoms in total. The zero-order valence-electron chi connectivity index (χ0n) is 26.3. The number of phenols is 1. The molecule has 0 saturated carbocycles. The Morgan fingerprint density at radius 2 is 1.47 bits per heavy atom. The number of ether oxygens (including phenoxy) is 3. The Morgan fingerprint density at radius 3 is 2.07 bits per heavy atom. The lowest BCUT2D eigenvalue weighted by Gasteiger charge is -2.30. The molecule has 234 valence electrons. The second kappa shape index (κ2) is 15.0. The van der Waals surface area contributed by atoms with Crippen LogP contribution in [-0.4, -0.2) is 56.8 Å². The summed E-state index contributed by atoms with van der Waals surface area (Å²) in [5, 5.41) is 19.3. The van der Waals surface area contributed by atoms with Crippen LogP contribution in [0.25, 0.3) is 16.7 Å². The van der Waals surface area contributed by atoms with E-state index in [0.29, 0.717) is 12.1 Å². The third-order valence-electron chi connectivity index (χ3n) is 7.15. The van der Waals surface area contributed by atoms with Crippen molar-refractivity contribution in [2.24, 2.45) is 17.3 Å². The van der Waals surface area contributed by atoms with E-state index in [1.807, 2.05) is 36.4 Å². The quantitative estimate of drug-likeness (QED) is 0.129. The van der Waals surface area contributed by atoms with Crippen molar-refractivity contribution in [1.82, 2.24) is 15.0 Å². The molecule has 0 saturated heterocycles. The van der Waals surface area contributed by atoms with E-state index in [4.69, 9.17) is 14.2 Å². The van der Waals surface area contributed by atoms with Crippen molar-refractivity contribution in [3.63, 3.8) is 0 Å². The van der Waals surface area contributed by atoms with E-state index in [1.165, 1.54) is 4.80 Å². The highest BCUT2D eigenvalue weighted by molar-refractivity contribution is 5.83. The molecule has 43 heavy (non-hydrogen) atoms. The Kier molecular flexibility index (Phi) is 11.7. The molecule has 0 spiro atoms. The lowest BCUT2D eigenvalue weighted by molar-refractivity contribution is -0.168. The van der Waals surface area contributed by atoms with Gasteiger partial charge in [-0.05, 0) is 103 Å². The summed E-state index contributed by atoms with van der Waals surface area (Å²) < 4.78 is 16.3. The molecule has 0 bridgehead atoms. The van der Waals surface area contributed by atoms with Gasteiger partial charge in [-0.1, -0.05) is 25.1 Å². The number of fused-ring (bicyclic) bond motifs is 1. The maximum atomic E-state index is 13.0. The van der Waals surface area contributed by atoms with E-state index in [0.717, 1.165) is 35.9 Å². The van der Waals surface area contributed by atoms with Crippen molar-refractivity contribution >= 4 is 28.9 Å². The highest BCUT2D eigenvalue weighted by Gasteiger charge is 2.41. The molecule has 3 rings (SSSR count). The summed E-state index contributed by atoms with van der Waals surface area (Å²) in [5.74, 6) is -2.98. The van der Waals surface area contributed by atoms with Gasteiger partial charge in [0.1, 0.15) is 22.5 Å². The average Bonchev–Trinajstić information content (AvgIpc) is 3.37. The molecule has 2 atom stereocenters. The smallest absolute Gasteiger partial charge is 0.311 e. The van der Waals surface area contributed by atoms with Crippen molar-refractivity contribution in [1.29, 1.82) is 0 Å². The van der Waals surface area contributed by atoms with Crippen LogP contribution in [-0.2, 0) is 35.0 Å². The van der Waals surface area contributed by atoms with Crippen LogP contribution in [0.4, 0.5) is 0 Å². The summed E-state index contributed by atoms with van der Waals surface area (Å²) in [4.78, 5) is 39.9. The van der Waals surface area contributed by atoms with Gasteiger partial charge in [-0.3, -0.25) is 14.4 Å². The number of benzene rings is 2. The number of hydrogen-bond acceptors (Lipinski definition) is 9. The number of nitrogens with zero attached hydrogens (tertiary/aromatic N) is 3. The van der Waals surface area contributed by atoms with Gasteiger partial charge in [0.05, 0.1) is 36.1 Å². The van der Waals surface area contributed by atoms with Crippen LogP contribution < -0.4 is 0 Å². The minimum Gasteiger partial charge on any atom is -0.506 e. The highest BCUT2D eigenvalue weighted by atomic mass is 16.6. The van der Waals surface area contributed by atoms with Gasteiger partial charge in [-0.25, -0.2) is 0 Å². The van der Waals surface area contributed by atoms with Gasteiger partial charge in [0, 0.05) is 0 Å². The standard InChI is InChI=1S/C33H45N3O7/c1-21(2)42-30(38)23(5)25(31(39)43-22(3)4)20-33(6,7)32(40)41-18-12-8-9-13-24-16-17-29(37)28(19-24)36-34-26-14-10-11-15-27(26)35-36/h10-11,14-17,19,21-23,25,37H,8-9,12-13,18,20H2,1-7H3. The molecule has 2 unspecified atom stereocenters. The number of aromatic hydroxyl groups is 1. The van der Waals surface area contributed by atoms with Gasteiger partial charge in [-0.15, -0.1) is 15.0 Å². The molecule has 0 aliphatic heterocycles. The molecule has 1 N–H and O–H groups in total. The lowest BCUT2D eigenvalue weighted by atomic mass is 9.77. The molecule has 0 aliphatic rings. The summed E-state index contributed by atoms with van der Waals surface area (Å²) in [6, 6.07) is 12.9. The summed E-state index contributed by atoms with van der Waals surface area (Å²) in [5.41, 5.74) is 2.04. The van der Waals surface area contributed by atoms with Crippen molar-refractivity contribution in [3.05, 3.63) is 48.0 Å². The summed E-state index contributed by atoms with van der Waals surface area (Å²) in [7, 11) is 0. The van der Waals surface area contributed by atoms with E-state index in [-0.39, 0.29) is 31.0 Å². The molecule has 1 heterocycles. The Morgan fingerprint density at radius 1 is 0.860 bits per heavy atom. The second-order valence-electron chi connectivity index (χ2n) is 12.2. The third-order valence-corrected chi connectivity index (χ3v) is 7.15. The van der Waals surface area contributed by atoms with Gasteiger partial charge in [0.25, 0.3) is 0 Å². The Hall–Kier alpha value is -3.95. The first-order valence-corrected chi connectivity index (χ1v) is 15.0. The molecule has 2 aromatic carbocycles. The Bertz CT molecular complexity index is 1360. The molecular weight excluding hydrogens is 550 g/mol. The van der Waals surface area contributed by atoms with E-state index in [1.54, 1.807) is 54.5 Å². The zero-order valence-corrected chi connectivity index (χ0v) is 26.3. The summed E-state index contributed by atoms with van der Waals surface area (Å²) >= 11 is 0. The monoisotopic (exact) mass is 595 g/mol. The molecule has 0 fully saturated rings. The fraction of sp³-hybridized carbons (Fsp3) is 0.545. The fourth-order valence-electron chi connectivity index (χ4n) is 4.74. The predicted molar refractivity (Wildman–Crippen MR) is 163 cm³/mol. The maximum absolute atomic E-state index is 13.0. The van der Waals surface area contributed by atoms with E-state index >= 15 is 0 Å². The van der Waals surface area contributed by atoms with Crippen LogP contribution in [0.1, 0.15) is 79.7 Å². The number of carbonyl (C=O) groups excluding carboxylic acids is 3. The topological polar surface area (TPSA) is 130 Å². The van der Waals surface area contributed by atoms with Crippen LogP contribution in [0.2, 0.25) is 0 Å². The van der Waals surface area contributed by atoms with E-state index in [9.17, 15) is 19.5 Å². The number of aromatic nitrogens is 3. The summed E-state index contributed by atoms with van der Waals surface area (Å²) in [6.45, 7) is 12.3. The first-order chi connectivity index (χ1) is 20.3. The van der Waals surface area contributed by atoms with Crippen LogP contribution in [0, 0.1) is 17.3 Å². The number of unbranched alkanes of at least 4 members (excludes halogenated alkanes) is 2. The molecule has 0 radical (unpaired) electrons. The number of hydrogen-bond donors (Lipinski definition) is 1. The van der Waals surface area contributed by atoms with Gasteiger partial charge >= 0.3 is 17.9 Å². The third kappa shape index (κ3) is 9.53. The Labute approximate surface area is 253 Å². The van der Waals surface area contributed by atoms with Crippen LogP contribution >= 0.6 is 0 Å². The van der Waals surface area contributed by atoms with Crippen molar-refractivity contribution < 1.29 is 33.7 Å². The van der Waals surface area contributed by atoms with E-state index in [2.05, 4.69) is 10.2 Å². The largest absolute Gasteiger partial charge is 0.506 e. The van der Waals surface area contributed by atoms with E-state index < -0.39 is 35.2 Å². The number of phenolic OH excluding ortho intramolecular Hbond substituents is 1. The van der Waals surface area contributed by atoms with Crippen LogP contribution in [0.15, 0.2) is 42.5 Å². The number of rotatable bonds is 15. The minimum absolute atomic E-state index is 0.0929. The number of carbonyl (C=O) groups is 3. The van der Waals surface area contributed by atoms with Gasteiger partial charge in [0.15, 0.2) is 0 Å². The normalized spacial score (nSPS) is 13.2. The average molecular weight is 596 g/mol. The second-order valence-corrected chi connectivity index (χ2v) is 12.2. The Balaban J connectivity index is 1.50. The van der Waals surface area contributed by atoms with Crippen molar-refractivity contribution in [2.45, 2.75) is 92.8 Å². The molecule has 3 aromatic rings. The van der Waals surface area contributed by atoms with Crippen LogP contribution in [0.5, 0.6) is 5.75 Å². The predicted octanol–water partition coefficient (Wildman–Crippen LogP) is 5.95. The molecule has 1 aromatic heterocycles. The van der Waals surface area contributed by atoms with Crippen molar-refractivity contribution in [2.75, 3.05) is 6.61 Å². The molecule has 10 heteroatoms. The van der Waals surface area contributed by atoms with Gasteiger partial charge in [-0.2, -0.15) is 0 Å². The number of aryl methyl sites for hydroxylation is 1. The number of esters is 3. The zero-order chi connectivity index (χ0) is 31.7. The summed E-state index contributed by atoms with van der Waals surface area (Å²) in [6.07, 6.45) is 2.56. The van der Waals surface area contributed by atoms with Gasteiger partial charge < -0.3 is 19.3 Å². The van der Waals surface area contributed by atoms with Crippen molar-refractivity contribution in [3.8, 4) is 11.4 Å². The SMILES string of the molecule is CC(C)OC(=O)C(C)C(CC(C)(C)C(=O)OCCCCCc1ccc(O)c(-n2nc3ccccc3n2)c1)C(=O)OC(C)C. The maximum Gasteiger partial charge on any atom is 0.311 e. The first kappa shape index (κ1) is 33.6. The first-order valence-electron chi connectivity index (χ1n) is 15.0.